The lowest BCUT2D eigenvalue weighted by Crippen LogP contribution is -2.43. The van der Waals surface area contributed by atoms with Crippen LogP contribution in [0.15, 0.2) is 0 Å². The van der Waals surface area contributed by atoms with Gasteiger partial charge in [-0.2, -0.15) is 0 Å². The molecule has 3 nitrogen and oxygen atoms in total. The predicted octanol–water partition coefficient (Wildman–Crippen LogP) is 1.93. The standard InChI is InChI=1S/C15H26N2O/c1-10-3-2-4-14(10)15(18)17-13-6-5-11-8-16-9-12(11)7-13/h10-14,16H,2-9H2,1H3,(H,17,18)/t10?,11-,12+,13?,14?/m0/s1. The summed E-state index contributed by atoms with van der Waals surface area (Å²) in [4.78, 5) is 12.3. The van der Waals surface area contributed by atoms with Gasteiger partial charge in [0.25, 0.3) is 0 Å². The molecule has 2 aliphatic carbocycles. The van der Waals surface area contributed by atoms with Crippen molar-refractivity contribution in [1.82, 2.24) is 10.6 Å². The fourth-order valence-electron chi connectivity index (χ4n) is 4.27. The molecule has 5 atom stereocenters. The highest BCUT2D eigenvalue weighted by molar-refractivity contribution is 5.79. The van der Waals surface area contributed by atoms with E-state index in [0.717, 1.165) is 24.8 Å². The molecule has 1 saturated heterocycles. The van der Waals surface area contributed by atoms with Crippen LogP contribution in [0.5, 0.6) is 0 Å². The molecule has 2 N–H and O–H groups in total. The molecule has 3 unspecified atom stereocenters. The molecule has 3 heteroatoms. The van der Waals surface area contributed by atoms with Crippen molar-refractivity contribution >= 4 is 5.91 Å². The predicted molar refractivity (Wildman–Crippen MR) is 72.1 cm³/mol. The molecule has 0 radical (unpaired) electrons. The van der Waals surface area contributed by atoms with Gasteiger partial charge in [-0.05, 0) is 62.9 Å². The van der Waals surface area contributed by atoms with Crippen molar-refractivity contribution in [2.45, 2.75) is 51.5 Å². The van der Waals surface area contributed by atoms with Crippen LogP contribution >= 0.6 is 0 Å². The van der Waals surface area contributed by atoms with E-state index in [1.165, 1.54) is 38.6 Å². The van der Waals surface area contributed by atoms with Crippen molar-refractivity contribution in [1.29, 1.82) is 0 Å². The van der Waals surface area contributed by atoms with Crippen LogP contribution in [-0.2, 0) is 4.79 Å². The lowest BCUT2D eigenvalue weighted by atomic mass is 9.79. The molecule has 0 aromatic rings. The van der Waals surface area contributed by atoms with Crippen molar-refractivity contribution < 1.29 is 4.79 Å². The van der Waals surface area contributed by atoms with E-state index in [2.05, 4.69) is 17.6 Å². The summed E-state index contributed by atoms with van der Waals surface area (Å²) in [6, 6.07) is 0.450. The van der Waals surface area contributed by atoms with Crippen molar-refractivity contribution in [3.05, 3.63) is 0 Å². The zero-order chi connectivity index (χ0) is 12.5. The van der Waals surface area contributed by atoms with Crippen LogP contribution in [0.4, 0.5) is 0 Å². The Morgan fingerprint density at radius 1 is 1.11 bits per heavy atom. The molecule has 0 aromatic heterocycles. The van der Waals surface area contributed by atoms with Gasteiger partial charge in [-0.15, -0.1) is 0 Å². The molecule has 0 bridgehead atoms. The molecule has 0 spiro atoms. The zero-order valence-corrected chi connectivity index (χ0v) is 11.5. The van der Waals surface area contributed by atoms with Gasteiger partial charge in [0, 0.05) is 12.0 Å². The minimum Gasteiger partial charge on any atom is -0.353 e. The van der Waals surface area contributed by atoms with Gasteiger partial charge in [0.05, 0.1) is 0 Å². The van der Waals surface area contributed by atoms with Crippen LogP contribution in [0, 0.1) is 23.7 Å². The Bertz CT molecular complexity index is 318. The van der Waals surface area contributed by atoms with Crippen LogP contribution in [0.1, 0.15) is 45.4 Å². The van der Waals surface area contributed by atoms with E-state index in [9.17, 15) is 4.79 Å². The average molecular weight is 250 g/mol. The van der Waals surface area contributed by atoms with Crippen molar-refractivity contribution in [3.63, 3.8) is 0 Å². The fourth-order valence-corrected chi connectivity index (χ4v) is 4.27. The number of hydrogen-bond acceptors (Lipinski definition) is 2. The van der Waals surface area contributed by atoms with E-state index >= 15 is 0 Å². The van der Waals surface area contributed by atoms with Crippen LogP contribution in [-0.4, -0.2) is 25.0 Å². The van der Waals surface area contributed by atoms with E-state index in [1.807, 2.05) is 0 Å². The fraction of sp³-hybridized carbons (Fsp3) is 0.933. The van der Waals surface area contributed by atoms with E-state index < -0.39 is 0 Å². The molecule has 1 amide bonds. The first kappa shape index (κ1) is 12.5. The first-order valence-electron chi connectivity index (χ1n) is 7.75. The molecule has 18 heavy (non-hydrogen) atoms. The lowest BCUT2D eigenvalue weighted by Gasteiger charge is -2.32. The van der Waals surface area contributed by atoms with Crippen LogP contribution in [0.2, 0.25) is 0 Å². The molecule has 2 saturated carbocycles. The van der Waals surface area contributed by atoms with Crippen molar-refractivity contribution in [2.24, 2.45) is 23.7 Å². The topological polar surface area (TPSA) is 41.1 Å². The maximum absolute atomic E-state index is 12.3. The largest absolute Gasteiger partial charge is 0.353 e. The summed E-state index contributed by atoms with van der Waals surface area (Å²) in [5, 5.41) is 6.82. The molecule has 102 valence electrons. The van der Waals surface area contributed by atoms with E-state index in [-0.39, 0.29) is 0 Å². The molecule has 3 rings (SSSR count). The van der Waals surface area contributed by atoms with Gasteiger partial charge < -0.3 is 10.6 Å². The highest BCUT2D eigenvalue weighted by Gasteiger charge is 2.36. The lowest BCUT2D eigenvalue weighted by molar-refractivity contribution is -0.127. The molecule has 1 heterocycles. The summed E-state index contributed by atoms with van der Waals surface area (Å²) in [5.41, 5.74) is 0. The summed E-state index contributed by atoms with van der Waals surface area (Å²) >= 11 is 0. The second kappa shape index (κ2) is 5.20. The second-order valence-electron chi connectivity index (χ2n) is 6.71. The number of amides is 1. The van der Waals surface area contributed by atoms with Crippen molar-refractivity contribution in [3.8, 4) is 0 Å². The maximum atomic E-state index is 12.3. The van der Waals surface area contributed by atoms with Gasteiger partial charge in [0.1, 0.15) is 0 Å². The Kier molecular flexibility index (Phi) is 3.60. The summed E-state index contributed by atoms with van der Waals surface area (Å²) in [6.07, 6.45) is 7.26. The number of hydrogen-bond donors (Lipinski definition) is 2. The third kappa shape index (κ3) is 2.42. The number of nitrogens with one attached hydrogen (secondary N) is 2. The Hall–Kier alpha value is -0.570. The highest BCUT2D eigenvalue weighted by Crippen LogP contribution is 2.34. The number of rotatable bonds is 2. The monoisotopic (exact) mass is 250 g/mol. The van der Waals surface area contributed by atoms with Gasteiger partial charge >= 0.3 is 0 Å². The van der Waals surface area contributed by atoms with Crippen molar-refractivity contribution in [2.75, 3.05) is 13.1 Å². The van der Waals surface area contributed by atoms with Crippen LogP contribution < -0.4 is 10.6 Å². The first-order valence-corrected chi connectivity index (χ1v) is 7.75. The summed E-state index contributed by atoms with van der Waals surface area (Å²) in [7, 11) is 0. The van der Waals surface area contributed by atoms with Gasteiger partial charge in [-0.1, -0.05) is 13.3 Å². The van der Waals surface area contributed by atoms with Crippen LogP contribution in [0.25, 0.3) is 0 Å². The quantitative estimate of drug-likeness (QED) is 0.786. The Balaban J connectivity index is 1.52. The number of carbonyl (C=O) groups excluding carboxylic acids is 1. The minimum absolute atomic E-state index is 0.296. The Morgan fingerprint density at radius 2 is 1.94 bits per heavy atom. The summed E-state index contributed by atoms with van der Waals surface area (Å²) in [6.45, 7) is 4.59. The van der Waals surface area contributed by atoms with Gasteiger partial charge in [0.2, 0.25) is 5.91 Å². The zero-order valence-electron chi connectivity index (χ0n) is 11.5. The smallest absolute Gasteiger partial charge is 0.223 e. The van der Waals surface area contributed by atoms with Gasteiger partial charge in [-0.25, -0.2) is 0 Å². The SMILES string of the molecule is CC1CCCC1C(=O)NC1CC[C@H]2CNC[C@H]2C1. The molecular formula is C15H26N2O. The molecule has 1 aliphatic heterocycles. The normalized spacial score (nSPS) is 43.7. The Morgan fingerprint density at radius 3 is 2.72 bits per heavy atom. The van der Waals surface area contributed by atoms with Gasteiger partial charge in [0.15, 0.2) is 0 Å². The minimum atomic E-state index is 0.296. The summed E-state index contributed by atoms with van der Waals surface area (Å²) < 4.78 is 0. The first-order chi connectivity index (χ1) is 8.74. The molecule has 0 aromatic carbocycles. The highest BCUT2D eigenvalue weighted by atomic mass is 16.2. The third-order valence-corrected chi connectivity index (χ3v) is 5.50. The van der Waals surface area contributed by atoms with E-state index in [1.54, 1.807) is 0 Å². The maximum Gasteiger partial charge on any atom is 0.223 e. The summed E-state index contributed by atoms with van der Waals surface area (Å²) in [5.74, 6) is 2.92. The van der Waals surface area contributed by atoms with E-state index in [4.69, 9.17) is 0 Å². The molecule has 3 fully saturated rings. The van der Waals surface area contributed by atoms with Gasteiger partial charge in [-0.3, -0.25) is 4.79 Å². The average Bonchev–Trinajstić information content (AvgIpc) is 2.96. The van der Waals surface area contributed by atoms with E-state index in [0.29, 0.717) is 23.8 Å². The third-order valence-electron chi connectivity index (χ3n) is 5.50. The number of fused-ring (bicyclic) bond motifs is 1. The Labute approximate surface area is 110 Å². The van der Waals surface area contributed by atoms with Crippen LogP contribution in [0.3, 0.4) is 0 Å². The molecule has 3 aliphatic rings. The number of carbonyl (C=O) groups is 1. The molecular weight excluding hydrogens is 224 g/mol. The second-order valence-corrected chi connectivity index (χ2v) is 6.71.